The molecule has 0 saturated carbocycles. The first-order valence-electron chi connectivity index (χ1n) is 11.5. The number of hydrogen-bond donors (Lipinski definition) is 8. The molecule has 0 unspecified atom stereocenters. The molecule has 17 nitrogen and oxygen atoms in total. The number of rotatable bonds is 14. The van der Waals surface area contributed by atoms with Crippen LogP contribution >= 0.6 is 0 Å². The molecule has 0 bridgehead atoms. The molecule has 0 aromatic carbocycles. The second-order valence-corrected chi connectivity index (χ2v) is 8.48. The van der Waals surface area contributed by atoms with Crippen LogP contribution in [0.15, 0.2) is 0 Å². The molecule has 4 amide bonds. The summed E-state index contributed by atoms with van der Waals surface area (Å²) in [5, 5.41) is 45.8. The normalized spacial score (nSPS) is 25.3. The largest absolute Gasteiger partial charge is 0.481 e. The number of esters is 1. The van der Waals surface area contributed by atoms with Crippen molar-refractivity contribution in [2.45, 2.75) is 82.4 Å². The summed E-state index contributed by atoms with van der Waals surface area (Å²) in [7, 11) is 0. The van der Waals surface area contributed by atoms with Crippen molar-refractivity contribution in [3.8, 4) is 0 Å². The van der Waals surface area contributed by atoms with E-state index < -0.39 is 104 Å². The molecule has 1 aliphatic rings. The number of aliphatic hydroxyl groups excluding tert-OH is 3. The zero-order valence-electron chi connectivity index (χ0n) is 21.0. The summed E-state index contributed by atoms with van der Waals surface area (Å²) in [6.45, 7) is 2.11. The predicted octanol–water partition coefficient (Wildman–Crippen LogP) is -4.78. The summed E-state index contributed by atoms with van der Waals surface area (Å²) in [5.41, 5.74) is 5.17. The maximum atomic E-state index is 12.7. The summed E-state index contributed by atoms with van der Waals surface area (Å²) in [6, 6.07) is -4.00. The van der Waals surface area contributed by atoms with Crippen LogP contribution in [-0.4, -0.2) is 118 Å². The standard InChI is InChI=1S/C21H34N4O13/c1-8(19(33)24-11(18(22)32)4-5-14(29)30)23-20(34)9(2)37-17-15(25-13(28)7-36-10(3)27)21(35)38-12(6-26)16(17)31/h8-9,11-12,15-17,21,26,31,35H,4-7H2,1-3H3,(H2,22,32)(H,23,34)(H,24,33)(H,25,28)(H,29,30)/t8-,9+,11+,12+,15+,16+,17+,21+/m0/s1. The van der Waals surface area contributed by atoms with E-state index in [0.717, 1.165) is 6.92 Å². The number of nitrogens with two attached hydrogens (primary N) is 1. The Bertz CT molecular complexity index is 885. The van der Waals surface area contributed by atoms with Gasteiger partial charge in [-0.2, -0.15) is 0 Å². The third kappa shape index (κ3) is 10.2. The number of nitrogens with one attached hydrogen (secondary N) is 3. The van der Waals surface area contributed by atoms with Gasteiger partial charge >= 0.3 is 11.9 Å². The number of carbonyl (C=O) groups is 6. The van der Waals surface area contributed by atoms with E-state index in [1.165, 1.54) is 13.8 Å². The first-order valence-corrected chi connectivity index (χ1v) is 11.5. The lowest BCUT2D eigenvalue weighted by Gasteiger charge is -2.43. The van der Waals surface area contributed by atoms with Crippen molar-refractivity contribution in [3.63, 3.8) is 0 Å². The molecular formula is C21H34N4O13. The molecule has 0 radical (unpaired) electrons. The Hall–Kier alpha value is -3.38. The van der Waals surface area contributed by atoms with Crippen LogP contribution in [0.1, 0.15) is 33.6 Å². The van der Waals surface area contributed by atoms with Gasteiger partial charge in [0.1, 0.15) is 42.5 Å². The number of amides is 4. The molecule has 1 aliphatic heterocycles. The fourth-order valence-corrected chi connectivity index (χ4v) is 3.34. The monoisotopic (exact) mass is 550 g/mol. The number of hydrogen-bond acceptors (Lipinski definition) is 12. The van der Waals surface area contributed by atoms with Gasteiger partial charge in [-0.3, -0.25) is 28.8 Å². The summed E-state index contributed by atoms with van der Waals surface area (Å²) in [5.74, 6) is -5.54. The van der Waals surface area contributed by atoms with Crippen molar-refractivity contribution in [2.24, 2.45) is 5.73 Å². The minimum absolute atomic E-state index is 0.267. The van der Waals surface area contributed by atoms with E-state index >= 15 is 0 Å². The van der Waals surface area contributed by atoms with Crippen molar-refractivity contribution < 1.29 is 63.4 Å². The number of carboxylic acid groups (broad SMARTS) is 1. The Kier molecular flexibility index (Phi) is 13.0. The zero-order valence-corrected chi connectivity index (χ0v) is 21.0. The molecule has 0 aromatic heterocycles. The van der Waals surface area contributed by atoms with Crippen molar-refractivity contribution in [1.82, 2.24) is 16.0 Å². The van der Waals surface area contributed by atoms with Crippen LogP contribution in [0.4, 0.5) is 0 Å². The van der Waals surface area contributed by atoms with Crippen molar-refractivity contribution in [3.05, 3.63) is 0 Å². The van der Waals surface area contributed by atoms with Crippen molar-refractivity contribution in [2.75, 3.05) is 13.2 Å². The van der Waals surface area contributed by atoms with E-state index in [-0.39, 0.29) is 6.42 Å². The van der Waals surface area contributed by atoms with Gasteiger partial charge in [-0.1, -0.05) is 0 Å². The number of carboxylic acids is 1. The molecule has 17 heteroatoms. The van der Waals surface area contributed by atoms with E-state index in [9.17, 15) is 44.1 Å². The minimum Gasteiger partial charge on any atom is -0.481 e. The molecule has 216 valence electrons. The van der Waals surface area contributed by atoms with E-state index in [4.69, 9.17) is 20.3 Å². The van der Waals surface area contributed by atoms with E-state index in [1.807, 2.05) is 0 Å². The third-order valence-corrected chi connectivity index (χ3v) is 5.40. The lowest BCUT2D eigenvalue weighted by Crippen LogP contribution is -2.66. The summed E-state index contributed by atoms with van der Waals surface area (Å²) in [4.78, 5) is 70.3. The van der Waals surface area contributed by atoms with Crippen molar-refractivity contribution in [1.29, 1.82) is 0 Å². The van der Waals surface area contributed by atoms with E-state index in [1.54, 1.807) is 0 Å². The van der Waals surface area contributed by atoms with Crippen LogP contribution < -0.4 is 21.7 Å². The summed E-state index contributed by atoms with van der Waals surface area (Å²) in [6.07, 6.45) is -8.38. The molecule has 9 N–H and O–H groups in total. The Labute approximate surface area is 217 Å². The fourth-order valence-electron chi connectivity index (χ4n) is 3.34. The van der Waals surface area contributed by atoms with E-state index in [0.29, 0.717) is 0 Å². The average molecular weight is 551 g/mol. The number of primary amides is 1. The first kappa shape index (κ1) is 32.6. The maximum absolute atomic E-state index is 12.7. The van der Waals surface area contributed by atoms with Gasteiger partial charge in [0.25, 0.3) is 5.91 Å². The molecule has 8 atom stereocenters. The minimum atomic E-state index is -1.79. The van der Waals surface area contributed by atoms with Gasteiger partial charge in [-0.05, 0) is 20.3 Å². The maximum Gasteiger partial charge on any atom is 0.303 e. The van der Waals surface area contributed by atoms with Crippen LogP contribution in [0.5, 0.6) is 0 Å². The van der Waals surface area contributed by atoms with Gasteiger partial charge < -0.3 is 56.3 Å². The third-order valence-electron chi connectivity index (χ3n) is 5.40. The zero-order chi connectivity index (χ0) is 29.2. The second kappa shape index (κ2) is 15.1. The highest BCUT2D eigenvalue weighted by molar-refractivity contribution is 5.92. The molecule has 38 heavy (non-hydrogen) atoms. The van der Waals surface area contributed by atoms with Crippen LogP contribution in [0.2, 0.25) is 0 Å². The van der Waals surface area contributed by atoms with Crippen LogP contribution in [0.3, 0.4) is 0 Å². The Morgan fingerprint density at radius 1 is 1.05 bits per heavy atom. The number of aliphatic carboxylic acids is 1. The molecule has 1 saturated heterocycles. The van der Waals surface area contributed by atoms with Gasteiger partial charge in [-0.15, -0.1) is 0 Å². The number of aliphatic hydroxyl groups is 3. The van der Waals surface area contributed by atoms with Gasteiger partial charge in [0.05, 0.1) is 6.61 Å². The fraction of sp³-hybridized carbons (Fsp3) is 0.714. The molecule has 0 aliphatic carbocycles. The highest BCUT2D eigenvalue weighted by atomic mass is 16.6. The topological polar surface area (TPSA) is 273 Å². The highest BCUT2D eigenvalue weighted by Crippen LogP contribution is 2.23. The van der Waals surface area contributed by atoms with Gasteiger partial charge in [-0.25, -0.2) is 0 Å². The Morgan fingerprint density at radius 2 is 1.68 bits per heavy atom. The van der Waals surface area contributed by atoms with Gasteiger partial charge in [0, 0.05) is 13.3 Å². The molecule has 1 rings (SSSR count). The smallest absolute Gasteiger partial charge is 0.303 e. The molecule has 1 heterocycles. The number of carbonyl (C=O) groups excluding carboxylic acids is 5. The quantitative estimate of drug-likeness (QED) is 0.0944. The summed E-state index contributed by atoms with van der Waals surface area (Å²) < 4.78 is 15.2. The average Bonchev–Trinajstić information content (AvgIpc) is 2.83. The summed E-state index contributed by atoms with van der Waals surface area (Å²) >= 11 is 0. The van der Waals surface area contributed by atoms with E-state index in [2.05, 4.69) is 20.7 Å². The van der Waals surface area contributed by atoms with Gasteiger partial charge in [0.15, 0.2) is 12.9 Å². The predicted molar refractivity (Wildman–Crippen MR) is 122 cm³/mol. The molecule has 0 spiro atoms. The lowest BCUT2D eigenvalue weighted by atomic mass is 9.96. The van der Waals surface area contributed by atoms with Crippen LogP contribution in [-0.2, 0) is 43.0 Å². The first-order chi connectivity index (χ1) is 17.7. The van der Waals surface area contributed by atoms with Crippen molar-refractivity contribution >= 4 is 35.6 Å². The Balaban J connectivity index is 2.87. The van der Waals surface area contributed by atoms with Crippen LogP contribution in [0.25, 0.3) is 0 Å². The molecular weight excluding hydrogens is 516 g/mol. The SMILES string of the molecule is CC(=O)OCC(=O)N[C@@H]1[C@@H](O[C@H](C)C(=O)N[C@@H](C)C(=O)N[C@H](CCC(=O)O)C(N)=O)[C@H](O)[C@@H](CO)O[C@H]1O. The second-order valence-electron chi connectivity index (χ2n) is 8.48. The molecule has 0 aromatic rings. The number of ether oxygens (including phenoxy) is 3. The van der Waals surface area contributed by atoms with Gasteiger partial charge in [0.2, 0.25) is 17.7 Å². The van der Waals surface area contributed by atoms with Crippen LogP contribution in [0, 0.1) is 0 Å². The highest BCUT2D eigenvalue weighted by Gasteiger charge is 2.47. The lowest BCUT2D eigenvalue weighted by molar-refractivity contribution is -0.266. The Morgan fingerprint density at radius 3 is 2.21 bits per heavy atom. The molecule has 1 fully saturated rings.